The van der Waals surface area contributed by atoms with Crippen LogP contribution in [0.15, 0.2) is 30.3 Å². The maximum Gasteiger partial charge on any atom is 0.251 e. The predicted octanol–water partition coefficient (Wildman–Crippen LogP) is 1.42. The lowest BCUT2D eigenvalue weighted by Crippen LogP contribution is -2.37. The summed E-state index contributed by atoms with van der Waals surface area (Å²) in [5.41, 5.74) is 1.08. The molecular weight excluding hydrogens is 190 g/mol. The molecular formula is C12H17NO2. The number of benzene rings is 1. The molecule has 0 aliphatic heterocycles. The highest BCUT2D eigenvalue weighted by atomic mass is 16.3. The zero-order chi connectivity index (χ0) is 11.3. The molecule has 3 nitrogen and oxygen atoms in total. The van der Waals surface area contributed by atoms with E-state index in [1.165, 1.54) is 6.92 Å². The van der Waals surface area contributed by atoms with Crippen LogP contribution in [0.5, 0.6) is 0 Å². The summed E-state index contributed by atoms with van der Waals surface area (Å²) in [6, 6.07) is 9.76. The molecule has 82 valence electrons. The molecule has 1 unspecified atom stereocenters. The number of nitrogens with zero attached hydrogens (tertiary/aromatic N) is 1. The van der Waals surface area contributed by atoms with Crippen LogP contribution >= 0.6 is 0 Å². The summed E-state index contributed by atoms with van der Waals surface area (Å²) >= 11 is 0. The predicted molar refractivity (Wildman–Crippen MR) is 59.2 cm³/mol. The van der Waals surface area contributed by atoms with Crippen molar-refractivity contribution >= 4 is 5.91 Å². The van der Waals surface area contributed by atoms with Gasteiger partial charge in [0.2, 0.25) is 0 Å². The summed E-state index contributed by atoms with van der Waals surface area (Å²) in [5, 5.41) is 9.21. The second-order valence-electron chi connectivity index (χ2n) is 3.51. The Balaban J connectivity index is 2.66. The first kappa shape index (κ1) is 11.7. The molecule has 1 aromatic rings. The summed E-state index contributed by atoms with van der Waals surface area (Å²) < 4.78 is 0. The van der Waals surface area contributed by atoms with Crippen molar-refractivity contribution < 1.29 is 9.90 Å². The van der Waals surface area contributed by atoms with Crippen molar-refractivity contribution in [2.75, 3.05) is 6.54 Å². The zero-order valence-corrected chi connectivity index (χ0v) is 9.18. The van der Waals surface area contributed by atoms with Gasteiger partial charge in [-0.3, -0.25) is 4.79 Å². The minimum atomic E-state index is -0.923. The third-order valence-corrected chi connectivity index (χ3v) is 2.27. The first-order valence-corrected chi connectivity index (χ1v) is 5.16. The van der Waals surface area contributed by atoms with Gasteiger partial charge in [-0.2, -0.15) is 0 Å². The van der Waals surface area contributed by atoms with Gasteiger partial charge in [0.25, 0.3) is 5.91 Å². The van der Waals surface area contributed by atoms with Crippen molar-refractivity contribution in [3.63, 3.8) is 0 Å². The summed E-state index contributed by atoms with van der Waals surface area (Å²) in [6.07, 6.45) is -0.923. The number of amides is 1. The van der Waals surface area contributed by atoms with Crippen LogP contribution in [0.1, 0.15) is 19.4 Å². The molecule has 1 atom stereocenters. The number of likely N-dealkylation sites (N-methyl/N-ethyl adjacent to an activating group) is 1. The molecule has 1 amide bonds. The second-order valence-corrected chi connectivity index (χ2v) is 3.51. The number of carbonyl (C=O) groups excluding carboxylic acids is 1. The van der Waals surface area contributed by atoms with E-state index in [4.69, 9.17) is 0 Å². The molecule has 3 heteroatoms. The Morgan fingerprint density at radius 2 is 2.00 bits per heavy atom. The molecule has 0 fully saturated rings. The lowest BCUT2D eigenvalue weighted by atomic mass is 10.2. The van der Waals surface area contributed by atoms with Gasteiger partial charge in [0.05, 0.1) is 0 Å². The van der Waals surface area contributed by atoms with E-state index in [2.05, 4.69) is 0 Å². The number of carbonyl (C=O) groups is 1. The number of hydrogen-bond acceptors (Lipinski definition) is 2. The van der Waals surface area contributed by atoms with Crippen LogP contribution in [0.25, 0.3) is 0 Å². The van der Waals surface area contributed by atoms with Crippen molar-refractivity contribution in [3.05, 3.63) is 35.9 Å². The summed E-state index contributed by atoms with van der Waals surface area (Å²) in [5.74, 6) is -0.221. The highest BCUT2D eigenvalue weighted by Gasteiger charge is 2.16. The number of hydrogen-bond donors (Lipinski definition) is 1. The van der Waals surface area contributed by atoms with Crippen LogP contribution in [0, 0.1) is 0 Å². The van der Waals surface area contributed by atoms with Crippen LogP contribution in [0.3, 0.4) is 0 Å². The Morgan fingerprint density at radius 1 is 1.40 bits per heavy atom. The highest BCUT2D eigenvalue weighted by Crippen LogP contribution is 2.05. The van der Waals surface area contributed by atoms with Gasteiger partial charge < -0.3 is 10.0 Å². The fourth-order valence-electron chi connectivity index (χ4n) is 1.41. The fourth-order valence-corrected chi connectivity index (χ4v) is 1.41. The molecule has 1 rings (SSSR count). The molecule has 0 aliphatic rings. The Bertz CT molecular complexity index is 309. The van der Waals surface area contributed by atoms with Crippen molar-refractivity contribution in [1.82, 2.24) is 4.90 Å². The zero-order valence-electron chi connectivity index (χ0n) is 9.18. The van der Waals surface area contributed by atoms with E-state index in [1.807, 2.05) is 37.3 Å². The minimum absolute atomic E-state index is 0.221. The largest absolute Gasteiger partial charge is 0.384 e. The summed E-state index contributed by atoms with van der Waals surface area (Å²) in [4.78, 5) is 13.2. The molecule has 0 aliphatic carbocycles. The topological polar surface area (TPSA) is 40.5 Å². The van der Waals surface area contributed by atoms with E-state index >= 15 is 0 Å². The van der Waals surface area contributed by atoms with E-state index in [9.17, 15) is 9.90 Å². The van der Waals surface area contributed by atoms with Gasteiger partial charge in [0, 0.05) is 13.1 Å². The van der Waals surface area contributed by atoms with Gasteiger partial charge in [0.15, 0.2) is 0 Å². The van der Waals surface area contributed by atoms with Gasteiger partial charge >= 0.3 is 0 Å². The van der Waals surface area contributed by atoms with Crippen molar-refractivity contribution in [1.29, 1.82) is 0 Å². The molecule has 1 N–H and O–H groups in total. The Kier molecular flexibility index (Phi) is 4.31. The molecule has 15 heavy (non-hydrogen) atoms. The fraction of sp³-hybridized carbons (Fsp3) is 0.417. The average molecular weight is 207 g/mol. The molecule has 0 spiro atoms. The number of rotatable bonds is 4. The molecule has 0 saturated heterocycles. The third-order valence-electron chi connectivity index (χ3n) is 2.27. The molecule has 0 radical (unpaired) electrons. The molecule has 0 heterocycles. The number of aliphatic hydroxyl groups is 1. The van der Waals surface area contributed by atoms with E-state index in [-0.39, 0.29) is 5.91 Å². The van der Waals surface area contributed by atoms with Crippen molar-refractivity contribution in [2.24, 2.45) is 0 Å². The van der Waals surface area contributed by atoms with E-state index in [0.29, 0.717) is 13.1 Å². The van der Waals surface area contributed by atoms with E-state index in [0.717, 1.165) is 5.56 Å². The standard InChI is InChI=1S/C12H17NO2/c1-3-13(12(15)10(2)14)9-11-7-5-4-6-8-11/h4-8,10,14H,3,9H2,1-2H3. The SMILES string of the molecule is CCN(Cc1ccccc1)C(=O)C(C)O. The minimum Gasteiger partial charge on any atom is -0.384 e. The van der Waals surface area contributed by atoms with Gasteiger partial charge in [-0.05, 0) is 19.4 Å². The first-order valence-electron chi connectivity index (χ1n) is 5.16. The normalized spacial score (nSPS) is 12.2. The quantitative estimate of drug-likeness (QED) is 0.811. The molecule has 0 saturated carbocycles. The lowest BCUT2D eigenvalue weighted by Gasteiger charge is -2.22. The smallest absolute Gasteiger partial charge is 0.251 e. The molecule has 0 bridgehead atoms. The van der Waals surface area contributed by atoms with E-state index < -0.39 is 6.10 Å². The third kappa shape index (κ3) is 3.36. The Hall–Kier alpha value is -1.35. The maximum absolute atomic E-state index is 11.6. The summed E-state index contributed by atoms with van der Waals surface area (Å²) in [6.45, 7) is 4.57. The van der Waals surface area contributed by atoms with Crippen LogP contribution in [0.4, 0.5) is 0 Å². The Morgan fingerprint density at radius 3 is 2.47 bits per heavy atom. The van der Waals surface area contributed by atoms with Crippen molar-refractivity contribution in [3.8, 4) is 0 Å². The average Bonchev–Trinajstić information content (AvgIpc) is 2.26. The molecule has 0 aromatic heterocycles. The molecule has 1 aromatic carbocycles. The maximum atomic E-state index is 11.6. The Labute approximate surface area is 90.3 Å². The first-order chi connectivity index (χ1) is 7.15. The van der Waals surface area contributed by atoms with Crippen molar-refractivity contribution in [2.45, 2.75) is 26.5 Å². The lowest BCUT2D eigenvalue weighted by molar-refractivity contribution is -0.139. The van der Waals surface area contributed by atoms with Gasteiger partial charge in [-0.1, -0.05) is 30.3 Å². The second kappa shape index (κ2) is 5.51. The van der Waals surface area contributed by atoms with Crippen LogP contribution in [-0.2, 0) is 11.3 Å². The number of aliphatic hydroxyl groups excluding tert-OH is 1. The highest BCUT2D eigenvalue weighted by molar-refractivity contribution is 5.80. The van der Waals surface area contributed by atoms with Gasteiger partial charge in [-0.25, -0.2) is 0 Å². The van der Waals surface area contributed by atoms with Crippen LogP contribution in [-0.4, -0.2) is 28.6 Å². The van der Waals surface area contributed by atoms with Crippen LogP contribution < -0.4 is 0 Å². The van der Waals surface area contributed by atoms with E-state index in [1.54, 1.807) is 4.90 Å². The van der Waals surface area contributed by atoms with Gasteiger partial charge in [-0.15, -0.1) is 0 Å². The summed E-state index contributed by atoms with van der Waals surface area (Å²) in [7, 11) is 0. The monoisotopic (exact) mass is 207 g/mol. The van der Waals surface area contributed by atoms with Gasteiger partial charge in [0.1, 0.15) is 6.10 Å². The van der Waals surface area contributed by atoms with Crippen LogP contribution in [0.2, 0.25) is 0 Å².